The molecule has 0 amide bonds. The summed E-state index contributed by atoms with van der Waals surface area (Å²) in [6.07, 6.45) is 6.75. The summed E-state index contributed by atoms with van der Waals surface area (Å²) in [4.78, 5) is 10.4. The first-order valence-electron chi connectivity index (χ1n) is 6.94. The van der Waals surface area contributed by atoms with Crippen LogP contribution in [0.3, 0.4) is 0 Å². The maximum absolute atomic E-state index is 10.4. The molecule has 5 nitrogen and oxygen atoms in total. The van der Waals surface area contributed by atoms with Gasteiger partial charge in [0.15, 0.2) is 0 Å². The Labute approximate surface area is 118 Å². The number of rotatable bonds is 8. The Morgan fingerprint density at radius 2 is 1.85 bits per heavy atom. The molecule has 0 unspecified atom stereocenters. The molecule has 0 saturated heterocycles. The van der Waals surface area contributed by atoms with Crippen molar-refractivity contribution in [2.75, 3.05) is 0 Å². The molecule has 20 heavy (non-hydrogen) atoms. The van der Waals surface area contributed by atoms with Gasteiger partial charge >= 0.3 is 5.97 Å². The lowest BCUT2D eigenvalue weighted by molar-refractivity contribution is -0.137. The van der Waals surface area contributed by atoms with Crippen molar-refractivity contribution in [2.45, 2.75) is 38.5 Å². The highest BCUT2D eigenvalue weighted by Gasteiger charge is 2.05. The van der Waals surface area contributed by atoms with Crippen molar-refractivity contribution in [2.24, 2.45) is 0 Å². The fourth-order valence-corrected chi connectivity index (χ4v) is 2.15. The van der Waals surface area contributed by atoms with Crippen LogP contribution in [0.2, 0.25) is 0 Å². The number of hydrogen-bond acceptors (Lipinski definition) is 3. The van der Waals surface area contributed by atoms with E-state index in [1.165, 1.54) is 0 Å². The molecule has 0 aliphatic heterocycles. The number of unbranched alkanes of at least 4 members (excludes halogenated alkanes) is 3. The van der Waals surface area contributed by atoms with Gasteiger partial charge in [-0.05, 0) is 31.4 Å². The lowest BCUT2D eigenvalue weighted by Crippen LogP contribution is -2.02. The molecule has 5 heteroatoms. The Bertz CT molecular complexity index is 537. The van der Waals surface area contributed by atoms with Gasteiger partial charge in [0.2, 0.25) is 0 Å². The number of aryl methyl sites for hydroxylation is 1. The van der Waals surface area contributed by atoms with Gasteiger partial charge in [-0.25, -0.2) is 4.68 Å². The summed E-state index contributed by atoms with van der Waals surface area (Å²) < 4.78 is 1.86. The first-order chi connectivity index (χ1) is 9.77. The van der Waals surface area contributed by atoms with E-state index < -0.39 is 5.97 Å². The van der Waals surface area contributed by atoms with E-state index in [1.807, 2.05) is 35.0 Å². The lowest BCUT2D eigenvalue weighted by atomic mass is 10.1. The second-order valence-electron chi connectivity index (χ2n) is 4.78. The van der Waals surface area contributed by atoms with Gasteiger partial charge in [0, 0.05) is 6.42 Å². The molecule has 1 N–H and O–H groups in total. The van der Waals surface area contributed by atoms with Gasteiger partial charge < -0.3 is 5.11 Å². The SMILES string of the molecule is O=C(O)CCCCCCc1cnnn1-c1ccccc1. The summed E-state index contributed by atoms with van der Waals surface area (Å²) in [6, 6.07) is 9.94. The predicted octanol–water partition coefficient (Wildman–Crippen LogP) is 2.84. The number of carbonyl (C=O) groups is 1. The molecule has 1 aromatic heterocycles. The Morgan fingerprint density at radius 1 is 1.10 bits per heavy atom. The van der Waals surface area contributed by atoms with Crippen LogP contribution < -0.4 is 0 Å². The van der Waals surface area contributed by atoms with Crippen molar-refractivity contribution in [3.8, 4) is 5.69 Å². The molecule has 0 bridgehead atoms. The highest BCUT2D eigenvalue weighted by molar-refractivity contribution is 5.66. The van der Waals surface area contributed by atoms with Gasteiger partial charge in [0.1, 0.15) is 0 Å². The van der Waals surface area contributed by atoms with Crippen molar-refractivity contribution in [3.63, 3.8) is 0 Å². The van der Waals surface area contributed by atoms with Gasteiger partial charge in [0.05, 0.1) is 17.6 Å². The minimum Gasteiger partial charge on any atom is -0.481 e. The summed E-state index contributed by atoms with van der Waals surface area (Å²) in [6.45, 7) is 0. The Balaban J connectivity index is 1.80. The second kappa shape index (κ2) is 7.43. The van der Waals surface area contributed by atoms with Crippen LogP contribution >= 0.6 is 0 Å². The molecule has 0 aliphatic carbocycles. The average Bonchev–Trinajstić information content (AvgIpc) is 2.92. The van der Waals surface area contributed by atoms with Crippen LogP contribution in [0.5, 0.6) is 0 Å². The van der Waals surface area contributed by atoms with E-state index in [9.17, 15) is 4.79 Å². The maximum atomic E-state index is 10.4. The van der Waals surface area contributed by atoms with Crippen molar-refractivity contribution >= 4 is 5.97 Å². The minimum atomic E-state index is -0.712. The summed E-state index contributed by atoms with van der Waals surface area (Å²) in [5.41, 5.74) is 2.11. The van der Waals surface area contributed by atoms with Crippen molar-refractivity contribution in [1.82, 2.24) is 15.0 Å². The number of nitrogens with zero attached hydrogens (tertiary/aromatic N) is 3. The minimum absolute atomic E-state index is 0.267. The number of carboxylic acid groups (broad SMARTS) is 1. The molecule has 0 fully saturated rings. The zero-order valence-corrected chi connectivity index (χ0v) is 11.4. The van der Waals surface area contributed by atoms with Crippen LogP contribution in [0.25, 0.3) is 5.69 Å². The summed E-state index contributed by atoms with van der Waals surface area (Å²) in [7, 11) is 0. The molecule has 1 aromatic carbocycles. The van der Waals surface area contributed by atoms with Crippen LogP contribution in [0.15, 0.2) is 36.5 Å². The van der Waals surface area contributed by atoms with Crippen LogP contribution in [0, 0.1) is 0 Å². The Morgan fingerprint density at radius 3 is 2.60 bits per heavy atom. The topological polar surface area (TPSA) is 68.0 Å². The van der Waals surface area contributed by atoms with Crippen molar-refractivity contribution in [1.29, 1.82) is 0 Å². The van der Waals surface area contributed by atoms with Gasteiger partial charge in [0.25, 0.3) is 0 Å². The van der Waals surface area contributed by atoms with E-state index >= 15 is 0 Å². The van der Waals surface area contributed by atoms with E-state index in [1.54, 1.807) is 6.20 Å². The number of aromatic nitrogens is 3. The third-order valence-corrected chi connectivity index (χ3v) is 3.19. The van der Waals surface area contributed by atoms with Gasteiger partial charge in [-0.1, -0.05) is 36.3 Å². The lowest BCUT2D eigenvalue weighted by Gasteiger charge is -2.05. The van der Waals surface area contributed by atoms with E-state index in [0.29, 0.717) is 0 Å². The predicted molar refractivity (Wildman–Crippen MR) is 75.8 cm³/mol. The monoisotopic (exact) mass is 273 g/mol. The van der Waals surface area contributed by atoms with E-state index in [2.05, 4.69) is 10.3 Å². The number of hydrogen-bond donors (Lipinski definition) is 1. The van der Waals surface area contributed by atoms with Crippen molar-refractivity contribution < 1.29 is 9.90 Å². The van der Waals surface area contributed by atoms with E-state index in [-0.39, 0.29) is 6.42 Å². The Hall–Kier alpha value is -2.17. The zero-order valence-electron chi connectivity index (χ0n) is 11.4. The molecule has 0 spiro atoms. The highest BCUT2D eigenvalue weighted by Crippen LogP contribution is 2.12. The zero-order chi connectivity index (χ0) is 14.2. The number of aliphatic carboxylic acids is 1. The summed E-state index contributed by atoms with van der Waals surface area (Å²) in [5.74, 6) is -0.712. The van der Waals surface area contributed by atoms with Gasteiger partial charge in [-0.3, -0.25) is 4.79 Å². The molecule has 0 atom stereocenters. The molecule has 0 saturated carbocycles. The molecule has 106 valence electrons. The smallest absolute Gasteiger partial charge is 0.303 e. The van der Waals surface area contributed by atoms with E-state index in [0.717, 1.165) is 43.5 Å². The molecule has 1 heterocycles. The third-order valence-electron chi connectivity index (χ3n) is 3.19. The number of benzene rings is 1. The van der Waals surface area contributed by atoms with Crippen LogP contribution in [-0.2, 0) is 11.2 Å². The highest BCUT2D eigenvalue weighted by atomic mass is 16.4. The molecule has 2 rings (SSSR count). The number of para-hydroxylation sites is 1. The first kappa shape index (κ1) is 14.2. The van der Waals surface area contributed by atoms with Crippen LogP contribution in [-0.4, -0.2) is 26.1 Å². The van der Waals surface area contributed by atoms with E-state index in [4.69, 9.17) is 5.11 Å². The standard InChI is InChI=1S/C15H19N3O2/c19-15(20)11-7-2-1-4-10-14-12-16-17-18(14)13-8-5-3-6-9-13/h3,5-6,8-9,12H,1-2,4,7,10-11H2,(H,19,20). The fourth-order valence-electron chi connectivity index (χ4n) is 2.15. The van der Waals surface area contributed by atoms with Crippen LogP contribution in [0.1, 0.15) is 37.8 Å². The summed E-state index contributed by atoms with van der Waals surface area (Å²) in [5, 5.41) is 16.6. The van der Waals surface area contributed by atoms with Crippen molar-refractivity contribution in [3.05, 3.63) is 42.2 Å². The molecular formula is C15H19N3O2. The molecule has 0 radical (unpaired) electrons. The molecule has 0 aliphatic rings. The average molecular weight is 273 g/mol. The van der Waals surface area contributed by atoms with Crippen LogP contribution in [0.4, 0.5) is 0 Å². The third kappa shape index (κ3) is 4.19. The normalized spacial score (nSPS) is 10.6. The fraction of sp³-hybridized carbons (Fsp3) is 0.400. The maximum Gasteiger partial charge on any atom is 0.303 e. The number of carboxylic acids is 1. The molecular weight excluding hydrogens is 254 g/mol. The quantitative estimate of drug-likeness (QED) is 0.751. The van der Waals surface area contributed by atoms with Gasteiger partial charge in [-0.15, -0.1) is 5.10 Å². The summed E-state index contributed by atoms with van der Waals surface area (Å²) >= 11 is 0. The molecule has 2 aromatic rings. The second-order valence-corrected chi connectivity index (χ2v) is 4.78. The first-order valence-corrected chi connectivity index (χ1v) is 6.94. The Kier molecular flexibility index (Phi) is 5.29. The van der Waals surface area contributed by atoms with Gasteiger partial charge in [-0.2, -0.15) is 0 Å². The largest absolute Gasteiger partial charge is 0.481 e.